The number of amides is 1. The molecule has 0 bridgehead atoms. The van der Waals surface area contributed by atoms with E-state index in [9.17, 15) is 4.79 Å². The third kappa shape index (κ3) is 3.19. The Bertz CT molecular complexity index is 615. The standard InChI is InChI=1S/C19H28ClN3O/c1-4-19(5-2)13-23(17-10-15(20)6-7-16(17)19)18(24)12-22-9-8-21-14(3)11-22/h6-7,10,14,21H,4-5,8-9,11-13H2,1-3H3. The number of carbonyl (C=O) groups is 1. The maximum atomic E-state index is 13.0. The van der Waals surface area contributed by atoms with Crippen LogP contribution in [0, 0.1) is 0 Å². The molecule has 1 aromatic carbocycles. The molecule has 3 rings (SSSR count). The van der Waals surface area contributed by atoms with E-state index in [1.807, 2.05) is 17.0 Å². The normalized spacial score (nSPS) is 23.3. The number of piperazine rings is 1. The van der Waals surface area contributed by atoms with Gasteiger partial charge in [0.05, 0.1) is 6.54 Å². The summed E-state index contributed by atoms with van der Waals surface area (Å²) in [4.78, 5) is 17.3. The molecule has 1 N–H and O–H groups in total. The Hall–Kier alpha value is -1.10. The minimum Gasteiger partial charge on any atom is -0.312 e. The number of nitrogens with zero attached hydrogens (tertiary/aromatic N) is 2. The summed E-state index contributed by atoms with van der Waals surface area (Å²) in [5.41, 5.74) is 2.35. The lowest BCUT2D eigenvalue weighted by Crippen LogP contribution is -2.52. The van der Waals surface area contributed by atoms with Gasteiger partial charge in [0, 0.05) is 48.3 Å². The highest BCUT2D eigenvalue weighted by molar-refractivity contribution is 6.31. The lowest BCUT2D eigenvalue weighted by atomic mass is 9.78. The summed E-state index contributed by atoms with van der Waals surface area (Å²) >= 11 is 6.23. The van der Waals surface area contributed by atoms with E-state index >= 15 is 0 Å². The van der Waals surface area contributed by atoms with Crippen LogP contribution in [0.25, 0.3) is 0 Å². The maximum Gasteiger partial charge on any atom is 0.241 e. The van der Waals surface area contributed by atoms with E-state index < -0.39 is 0 Å². The van der Waals surface area contributed by atoms with Crippen LogP contribution in [0.2, 0.25) is 5.02 Å². The smallest absolute Gasteiger partial charge is 0.241 e. The summed E-state index contributed by atoms with van der Waals surface area (Å²) in [6.07, 6.45) is 2.07. The molecule has 5 heteroatoms. The van der Waals surface area contributed by atoms with E-state index in [0.717, 1.165) is 44.7 Å². The van der Waals surface area contributed by atoms with Gasteiger partial charge in [0.2, 0.25) is 5.91 Å². The molecule has 0 aliphatic carbocycles. The largest absolute Gasteiger partial charge is 0.312 e. The number of nitrogens with one attached hydrogen (secondary N) is 1. The van der Waals surface area contributed by atoms with Crippen LogP contribution in [0.3, 0.4) is 0 Å². The summed E-state index contributed by atoms with van der Waals surface area (Å²) in [7, 11) is 0. The van der Waals surface area contributed by atoms with E-state index in [-0.39, 0.29) is 11.3 Å². The van der Waals surface area contributed by atoms with Crippen molar-refractivity contribution >= 4 is 23.2 Å². The van der Waals surface area contributed by atoms with Crippen LogP contribution in [0.15, 0.2) is 18.2 Å². The summed E-state index contributed by atoms with van der Waals surface area (Å²) in [5, 5.41) is 4.12. The zero-order valence-electron chi connectivity index (χ0n) is 14.9. The van der Waals surface area contributed by atoms with Gasteiger partial charge in [0.25, 0.3) is 0 Å². The van der Waals surface area contributed by atoms with E-state index in [2.05, 4.69) is 37.1 Å². The summed E-state index contributed by atoms with van der Waals surface area (Å²) in [5.74, 6) is 0.191. The van der Waals surface area contributed by atoms with Crippen molar-refractivity contribution in [1.29, 1.82) is 0 Å². The third-order valence-corrected chi connectivity index (χ3v) is 5.98. The average Bonchev–Trinajstić information content (AvgIpc) is 2.89. The zero-order chi connectivity index (χ0) is 17.3. The summed E-state index contributed by atoms with van der Waals surface area (Å²) < 4.78 is 0. The van der Waals surface area contributed by atoms with Crippen LogP contribution in [0.1, 0.15) is 39.2 Å². The molecule has 2 heterocycles. The number of rotatable bonds is 4. The molecule has 24 heavy (non-hydrogen) atoms. The summed E-state index contributed by atoms with van der Waals surface area (Å²) in [6, 6.07) is 6.47. The number of benzene rings is 1. The van der Waals surface area contributed by atoms with Gasteiger partial charge in [-0.1, -0.05) is 31.5 Å². The molecule has 2 aliphatic heterocycles. The van der Waals surface area contributed by atoms with Crippen molar-refractivity contribution in [3.63, 3.8) is 0 Å². The molecule has 1 aromatic rings. The number of hydrogen-bond donors (Lipinski definition) is 1. The van der Waals surface area contributed by atoms with Gasteiger partial charge in [-0.3, -0.25) is 9.69 Å². The van der Waals surface area contributed by atoms with Crippen molar-refractivity contribution in [1.82, 2.24) is 10.2 Å². The number of fused-ring (bicyclic) bond motifs is 1. The molecule has 1 saturated heterocycles. The number of hydrogen-bond acceptors (Lipinski definition) is 3. The fraction of sp³-hybridized carbons (Fsp3) is 0.632. The number of anilines is 1. The molecule has 1 atom stereocenters. The van der Waals surface area contributed by atoms with E-state index in [1.54, 1.807) is 0 Å². The fourth-order valence-electron chi connectivity index (χ4n) is 4.16. The molecule has 0 radical (unpaired) electrons. The first kappa shape index (κ1) is 17.7. The van der Waals surface area contributed by atoms with Gasteiger partial charge in [-0.05, 0) is 37.5 Å². The van der Waals surface area contributed by atoms with Crippen molar-refractivity contribution in [3.8, 4) is 0 Å². The van der Waals surface area contributed by atoms with Crippen molar-refractivity contribution in [2.24, 2.45) is 0 Å². The molecule has 0 spiro atoms. The van der Waals surface area contributed by atoms with Crippen molar-refractivity contribution in [2.75, 3.05) is 37.6 Å². The van der Waals surface area contributed by atoms with Gasteiger partial charge in [-0.2, -0.15) is 0 Å². The minimum atomic E-state index is 0.0618. The number of carbonyl (C=O) groups excluding carboxylic acids is 1. The zero-order valence-corrected chi connectivity index (χ0v) is 15.7. The van der Waals surface area contributed by atoms with E-state index in [0.29, 0.717) is 17.6 Å². The van der Waals surface area contributed by atoms with Crippen LogP contribution >= 0.6 is 11.6 Å². The minimum absolute atomic E-state index is 0.0618. The first-order valence-corrected chi connectivity index (χ1v) is 9.43. The maximum absolute atomic E-state index is 13.0. The Labute approximate surface area is 150 Å². The highest BCUT2D eigenvalue weighted by Gasteiger charge is 2.42. The van der Waals surface area contributed by atoms with Gasteiger partial charge in [0.15, 0.2) is 0 Å². The highest BCUT2D eigenvalue weighted by Crippen LogP contribution is 2.46. The predicted octanol–water partition coefficient (Wildman–Crippen LogP) is 3.04. The first-order valence-electron chi connectivity index (χ1n) is 9.05. The van der Waals surface area contributed by atoms with Crippen LogP contribution in [0.4, 0.5) is 5.69 Å². The van der Waals surface area contributed by atoms with Crippen molar-refractivity contribution < 1.29 is 4.79 Å². The Kier molecular flexibility index (Phi) is 5.19. The lowest BCUT2D eigenvalue weighted by molar-refractivity contribution is -0.120. The van der Waals surface area contributed by atoms with E-state index in [4.69, 9.17) is 11.6 Å². The topological polar surface area (TPSA) is 35.6 Å². The van der Waals surface area contributed by atoms with Crippen LogP contribution in [0.5, 0.6) is 0 Å². The Balaban J connectivity index is 1.83. The monoisotopic (exact) mass is 349 g/mol. The lowest BCUT2D eigenvalue weighted by Gasteiger charge is -2.33. The molecule has 1 unspecified atom stereocenters. The van der Waals surface area contributed by atoms with Crippen LogP contribution in [-0.2, 0) is 10.2 Å². The molecular weight excluding hydrogens is 322 g/mol. The average molecular weight is 350 g/mol. The number of halogens is 1. The Morgan fingerprint density at radius 1 is 1.38 bits per heavy atom. The second-order valence-electron chi connectivity index (χ2n) is 7.22. The van der Waals surface area contributed by atoms with Gasteiger partial charge in [-0.15, -0.1) is 0 Å². The second kappa shape index (κ2) is 7.03. The predicted molar refractivity (Wildman–Crippen MR) is 100.0 cm³/mol. The SMILES string of the molecule is CCC1(CC)CN(C(=O)CN2CCNC(C)C2)c2cc(Cl)ccc21. The van der Waals surface area contributed by atoms with Crippen molar-refractivity contribution in [2.45, 2.75) is 45.1 Å². The first-order chi connectivity index (χ1) is 11.5. The van der Waals surface area contributed by atoms with Crippen LogP contribution in [-0.4, -0.2) is 49.6 Å². The van der Waals surface area contributed by atoms with Crippen molar-refractivity contribution in [3.05, 3.63) is 28.8 Å². The fourth-order valence-corrected chi connectivity index (χ4v) is 4.33. The highest BCUT2D eigenvalue weighted by atomic mass is 35.5. The van der Waals surface area contributed by atoms with Gasteiger partial charge in [0.1, 0.15) is 0 Å². The molecule has 132 valence electrons. The molecule has 1 amide bonds. The molecule has 0 saturated carbocycles. The second-order valence-corrected chi connectivity index (χ2v) is 7.66. The Morgan fingerprint density at radius 2 is 2.12 bits per heavy atom. The van der Waals surface area contributed by atoms with Gasteiger partial charge >= 0.3 is 0 Å². The summed E-state index contributed by atoms with van der Waals surface area (Å²) in [6.45, 7) is 10.7. The van der Waals surface area contributed by atoms with Crippen LogP contribution < -0.4 is 10.2 Å². The molecule has 0 aromatic heterocycles. The molecule has 4 nitrogen and oxygen atoms in total. The molecule has 1 fully saturated rings. The van der Waals surface area contributed by atoms with Gasteiger partial charge < -0.3 is 10.2 Å². The van der Waals surface area contributed by atoms with Gasteiger partial charge in [-0.25, -0.2) is 0 Å². The quantitative estimate of drug-likeness (QED) is 0.907. The Morgan fingerprint density at radius 3 is 2.79 bits per heavy atom. The van der Waals surface area contributed by atoms with E-state index in [1.165, 1.54) is 5.56 Å². The third-order valence-electron chi connectivity index (χ3n) is 5.75. The molecule has 2 aliphatic rings. The molecular formula is C19H28ClN3O.